The van der Waals surface area contributed by atoms with Gasteiger partial charge in [-0.15, -0.1) is 0 Å². The highest BCUT2D eigenvalue weighted by atomic mass is 19.1. The standard InChI is InChI=1S/C22H27FN4O/c1-3-16(14-18(4-2)27-13-9-8-12-20(27)28)21-19(23)15-24-22(26-21)25-17-10-6-5-7-11-17/h3-4,9,13-15,17H,2,5-8,10-12H2,1H3,(H,24,25,26)/b16-3+,18-14+. The Morgan fingerprint density at radius 3 is 2.82 bits per heavy atom. The lowest BCUT2D eigenvalue weighted by molar-refractivity contribution is -0.127. The van der Waals surface area contributed by atoms with Gasteiger partial charge in [-0.1, -0.05) is 38.0 Å². The van der Waals surface area contributed by atoms with Gasteiger partial charge in [0, 0.05) is 29.9 Å². The number of amides is 1. The van der Waals surface area contributed by atoms with E-state index < -0.39 is 5.82 Å². The van der Waals surface area contributed by atoms with Gasteiger partial charge in [-0.25, -0.2) is 14.4 Å². The fourth-order valence-corrected chi connectivity index (χ4v) is 3.56. The van der Waals surface area contributed by atoms with Crippen molar-refractivity contribution in [3.63, 3.8) is 0 Å². The van der Waals surface area contributed by atoms with Crippen molar-refractivity contribution in [2.24, 2.45) is 0 Å². The molecule has 1 aromatic heterocycles. The van der Waals surface area contributed by atoms with Crippen LogP contribution in [0.2, 0.25) is 0 Å². The largest absolute Gasteiger partial charge is 0.351 e. The third kappa shape index (κ3) is 4.74. The Labute approximate surface area is 165 Å². The van der Waals surface area contributed by atoms with Gasteiger partial charge in [0.05, 0.1) is 6.20 Å². The first-order chi connectivity index (χ1) is 13.6. The lowest BCUT2D eigenvalue weighted by Gasteiger charge is -2.23. The molecule has 1 aliphatic heterocycles. The van der Waals surface area contributed by atoms with Crippen molar-refractivity contribution in [2.45, 2.75) is 57.9 Å². The number of carbonyl (C=O) groups excluding carboxylic acids is 1. The van der Waals surface area contributed by atoms with Gasteiger partial charge in [-0.3, -0.25) is 9.69 Å². The number of nitrogens with one attached hydrogen (secondary N) is 1. The average molecular weight is 382 g/mol. The summed E-state index contributed by atoms with van der Waals surface area (Å²) >= 11 is 0. The summed E-state index contributed by atoms with van der Waals surface area (Å²) in [6, 6.07) is 0.330. The molecule has 2 aliphatic rings. The van der Waals surface area contributed by atoms with E-state index in [1.807, 2.05) is 13.0 Å². The Bertz CT molecular complexity index is 822. The Morgan fingerprint density at radius 2 is 2.14 bits per heavy atom. The summed E-state index contributed by atoms with van der Waals surface area (Å²) in [5.41, 5.74) is 1.38. The van der Waals surface area contributed by atoms with E-state index in [1.165, 1.54) is 25.5 Å². The number of nitrogens with zero attached hydrogens (tertiary/aromatic N) is 3. The second-order valence-electron chi connectivity index (χ2n) is 7.07. The van der Waals surface area contributed by atoms with Crippen molar-refractivity contribution in [3.05, 3.63) is 60.5 Å². The molecule has 0 spiro atoms. The maximum atomic E-state index is 14.5. The van der Waals surface area contributed by atoms with Crippen LogP contribution >= 0.6 is 0 Å². The fourth-order valence-electron chi connectivity index (χ4n) is 3.56. The van der Waals surface area contributed by atoms with E-state index in [1.54, 1.807) is 29.3 Å². The molecule has 5 nitrogen and oxygen atoms in total. The van der Waals surface area contributed by atoms with Crippen LogP contribution in [0.25, 0.3) is 5.57 Å². The normalized spacial score (nSPS) is 19.1. The quantitative estimate of drug-likeness (QED) is 0.706. The van der Waals surface area contributed by atoms with Crippen LogP contribution in [-0.4, -0.2) is 26.8 Å². The predicted molar refractivity (Wildman–Crippen MR) is 110 cm³/mol. The molecule has 1 fully saturated rings. The minimum atomic E-state index is -0.498. The van der Waals surface area contributed by atoms with Gasteiger partial charge in [0.15, 0.2) is 5.82 Å². The number of aromatic nitrogens is 2. The van der Waals surface area contributed by atoms with Crippen molar-refractivity contribution >= 4 is 17.4 Å². The van der Waals surface area contributed by atoms with E-state index in [-0.39, 0.29) is 11.6 Å². The Hall–Kier alpha value is -2.76. The number of anilines is 1. The van der Waals surface area contributed by atoms with Crippen LogP contribution in [0.5, 0.6) is 0 Å². The SMILES string of the molecule is C=C/C(=C\C(=C/C)c1nc(NC2CCCCC2)ncc1F)N1C=CCCC1=O. The first kappa shape index (κ1) is 20.0. The molecule has 1 N–H and O–H groups in total. The number of carbonyl (C=O) groups is 1. The van der Waals surface area contributed by atoms with E-state index in [9.17, 15) is 9.18 Å². The van der Waals surface area contributed by atoms with Crippen LogP contribution in [0.3, 0.4) is 0 Å². The summed E-state index contributed by atoms with van der Waals surface area (Å²) in [6.07, 6.45) is 16.9. The highest BCUT2D eigenvalue weighted by Crippen LogP contribution is 2.25. The average Bonchev–Trinajstić information content (AvgIpc) is 2.72. The molecule has 1 amide bonds. The summed E-state index contributed by atoms with van der Waals surface area (Å²) in [6.45, 7) is 5.62. The number of hydrogen-bond donors (Lipinski definition) is 1. The van der Waals surface area contributed by atoms with Gasteiger partial charge in [0.2, 0.25) is 11.9 Å². The summed E-state index contributed by atoms with van der Waals surface area (Å²) in [7, 11) is 0. The van der Waals surface area contributed by atoms with Crippen LogP contribution in [0.4, 0.5) is 10.3 Å². The second-order valence-corrected chi connectivity index (χ2v) is 7.07. The highest BCUT2D eigenvalue weighted by molar-refractivity contribution is 5.82. The molecule has 0 radical (unpaired) electrons. The van der Waals surface area contributed by atoms with Gasteiger partial charge in [-0.2, -0.15) is 0 Å². The molecule has 3 rings (SSSR count). The molecule has 6 heteroatoms. The topological polar surface area (TPSA) is 58.1 Å². The van der Waals surface area contributed by atoms with Gasteiger partial charge in [-0.05, 0) is 38.3 Å². The molecule has 0 saturated heterocycles. The number of halogens is 1. The molecule has 1 aliphatic carbocycles. The Kier molecular flexibility index (Phi) is 6.74. The highest BCUT2D eigenvalue weighted by Gasteiger charge is 2.19. The minimum Gasteiger partial charge on any atom is -0.351 e. The van der Waals surface area contributed by atoms with Crippen LogP contribution in [0.1, 0.15) is 57.6 Å². The third-order valence-corrected chi connectivity index (χ3v) is 5.11. The molecular weight excluding hydrogens is 355 g/mol. The van der Waals surface area contributed by atoms with Gasteiger partial charge in [0.1, 0.15) is 5.69 Å². The second kappa shape index (κ2) is 9.44. The number of allylic oxidation sites excluding steroid dienone is 5. The van der Waals surface area contributed by atoms with Gasteiger partial charge in [0.25, 0.3) is 0 Å². The van der Waals surface area contributed by atoms with E-state index in [0.717, 1.165) is 19.3 Å². The minimum absolute atomic E-state index is 0.00748. The van der Waals surface area contributed by atoms with Crippen molar-refractivity contribution < 1.29 is 9.18 Å². The zero-order valence-electron chi connectivity index (χ0n) is 16.3. The molecule has 1 aromatic rings. The molecule has 2 heterocycles. The Balaban J connectivity index is 1.87. The molecule has 148 valence electrons. The van der Waals surface area contributed by atoms with Crippen LogP contribution in [-0.2, 0) is 4.79 Å². The van der Waals surface area contributed by atoms with Crippen LogP contribution in [0, 0.1) is 5.82 Å². The van der Waals surface area contributed by atoms with E-state index >= 15 is 0 Å². The summed E-state index contributed by atoms with van der Waals surface area (Å²) in [5, 5.41) is 3.33. The van der Waals surface area contributed by atoms with Crippen molar-refractivity contribution in [2.75, 3.05) is 5.32 Å². The number of hydrogen-bond acceptors (Lipinski definition) is 4. The van der Waals surface area contributed by atoms with Gasteiger partial charge < -0.3 is 5.32 Å². The molecule has 0 aromatic carbocycles. The van der Waals surface area contributed by atoms with Gasteiger partial charge >= 0.3 is 0 Å². The zero-order valence-corrected chi connectivity index (χ0v) is 16.3. The molecule has 0 atom stereocenters. The Morgan fingerprint density at radius 1 is 1.36 bits per heavy atom. The van der Waals surface area contributed by atoms with Crippen molar-refractivity contribution in [3.8, 4) is 0 Å². The summed E-state index contributed by atoms with van der Waals surface area (Å²) in [5.74, 6) is -0.0699. The maximum absolute atomic E-state index is 14.5. The fraction of sp³-hybridized carbons (Fsp3) is 0.409. The van der Waals surface area contributed by atoms with Crippen LogP contribution in [0.15, 0.2) is 49.0 Å². The summed E-state index contributed by atoms with van der Waals surface area (Å²) in [4.78, 5) is 22.3. The smallest absolute Gasteiger partial charge is 0.231 e. The third-order valence-electron chi connectivity index (χ3n) is 5.11. The molecule has 1 saturated carbocycles. The number of rotatable bonds is 6. The molecule has 28 heavy (non-hydrogen) atoms. The van der Waals surface area contributed by atoms with E-state index in [2.05, 4.69) is 21.9 Å². The van der Waals surface area contributed by atoms with Crippen molar-refractivity contribution in [1.82, 2.24) is 14.9 Å². The monoisotopic (exact) mass is 382 g/mol. The lowest BCUT2D eigenvalue weighted by Crippen LogP contribution is -2.26. The zero-order chi connectivity index (χ0) is 19.9. The van der Waals surface area contributed by atoms with E-state index in [0.29, 0.717) is 29.7 Å². The van der Waals surface area contributed by atoms with Crippen LogP contribution < -0.4 is 5.32 Å². The molecule has 0 unspecified atom stereocenters. The lowest BCUT2D eigenvalue weighted by atomic mass is 9.96. The predicted octanol–water partition coefficient (Wildman–Crippen LogP) is 4.97. The first-order valence-corrected chi connectivity index (χ1v) is 9.91. The maximum Gasteiger partial charge on any atom is 0.231 e. The molecule has 0 bridgehead atoms. The first-order valence-electron chi connectivity index (χ1n) is 9.91. The summed E-state index contributed by atoms with van der Waals surface area (Å²) < 4.78 is 14.5. The van der Waals surface area contributed by atoms with Crippen molar-refractivity contribution in [1.29, 1.82) is 0 Å². The van der Waals surface area contributed by atoms with E-state index in [4.69, 9.17) is 0 Å². The molecular formula is C22H27FN4O.